The molecule has 6 heteroatoms. The molecule has 1 atom stereocenters. The molecule has 0 bridgehead atoms. The van der Waals surface area contributed by atoms with Crippen molar-refractivity contribution in [1.29, 1.82) is 0 Å². The minimum Gasteiger partial charge on any atom is -0.407 e. The smallest absolute Gasteiger partial charge is 0.315 e. The third kappa shape index (κ3) is 2.96. The van der Waals surface area contributed by atoms with E-state index in [0.717, 1.165) is 6.42 Å². The first-order valence-corrected chi connectivity index (χ1v) is 6.36. The Labute approximate surface area is 103 Å². The van der Waals surface area contributed by atoms with Crippen LogP contribution in [0.1, 0.15) is 17.7 Å². The van der Waals surface area contributed by atoms with Gasteiger partial charge in [0.15, 0.2) is 0 Å². The molecule has 0 amide bonds. The van der Waals surface area contributed by atoms with Crippen LogP contribution in [0.2, 0.25) is 0 Å². The van der Waals surface area contributed by atoms with Crippen molar-refractivity contribution in [1.82, 2.24) is 10.2 Å². The molecule has 2 heterocycles. The van der Waals surface area contributed by atoms with Crippen molar-refractivity contribution in [3.05, 3.63) is 28.3 Å². The van der Waals surface area contributed by atoms with Gasteiger partial charge in [0.2, 0.25) is 5.89 Å². The number of rotatable bonds is 5. The fourth-order valence-corrected chi connectivity index (χ4v) is 2.30. The Hall–Kier alpha value is -1.07. The fraction of sp³-hybridized carbons (Fsp3) is 0.400. The zero-order valence-corrected chi connectivity index (χ0v) is 10.4. The Morgan fingerprint density at radius 2 is 2.44 bits per heavy atom. The number of nitrogens with one attached hydrogen (secondary N) is 1. The quantitative estimate of drug-likeness (QED) is 0.837. The van der Waals surface area contributed by atoms with Gasteiger partial charge < -0.3 is 9.73 Å². The number of hydrogen-bond acceptors (Lipinski definition) is 5. The molecule has 1 unspecified atom stereocenters. The highest BCUT2D eigenvalue weighted by Gasteiger charge is 2.09. The number of anilines is 1. The van der Waals surface area contributed by atoms with Crippen molar-refractivity contribution in [2.45, 2.75) is 25.3 Å². The first-order valence-electron chi connectivity index (χ1n) is 4.95. The van der Waals surface area contributed by atoms with Gasteiger partial charge in [-0.05, 0) is 18.4 Å². The highest BCUT2D eigenvalue weighted by Crippen LogP contribution is 2.14. The Kier molecular flexibility index (Phi) is 3.79. The number of halogens is 1. The van der Waals surface area contributed by atoms with Crippen LogP contribution < -0.4 is 5.32 Å². The van der Waals surface area contributed by atoms with E-state index in [9.17, 15) is 0 Å². The molecule has 0 radical (unpaired) electrons. The molecular formula is C10H12ClN3OS. The van der Waals surface area contributed by atoms with Gasteiger partial charge in [-0.2, -0.15) is 0 Å². The second kappa shape index (κ2) is 5.32. The molecule has 0 spiro atoms. The van der Waals surface area contributed by atoms with Gasteiger partial charge >= 0.3 is 6.01 Å². The van der Waals surface area contributed by atoms with Crippen LogP contribution in [-0.4, -0.2) is 16.2 Å². The van der Waals surface area contributed by atoms with Crippen molar-refractivity contribution >= 4 is 29.0 Å². The summed E-state index contributed by atoms with van der Waals surface area (Å²) < 4.78 is 5.26. The second-order valence-corrected chi connectivity index (χ2v) is 4.76. The van der Waals surface area contributed by atoms with Crippen LogP contribution >= 0.6 is 22.9 Å². The summed E-state index contributed by atoms with van der Waals surface area (Å²) in [4.78, 5) is 1.33. The summed E-state index contributed by atoms with van der Waals surface area (Å²) in [6.45, 7) is 2.07. The lowest BCUT2D eigenvalue weighted by Gasteiger charge is -2.09. The van der Waals surface area contributed by atoms with Gasteiger partial charge in [0.1, 0.15) is 5.88 Å². The summed E-state index contributed by atoms with van der Waals surface area (Å²) >= 11 is 7.31. The summed E-state index contributed by atoms with van der Waals surface area (Å²) in [6.07, 6.45) is 0.941. The summed E-state index contributed by atoms with van der Waals surface area (Å²) in [5, 5.41) is 12.8. The summed E-state index contributed by atoms with van der Waals surface area (Å²) in [5.74, 6) is 0.682. The largest absolute Gasteiger partial charge is 0.407 e. The van der Waals surface area contributed by atoms with Gasteiger partial charge in [0.25, 0.3) is 0 Å². The predicted molar refractivity (Wildman–Crippen MR) is 65.0 cm³/mol. The lowest BCUT2D eigenvalue weighted by atomic mass is 10.2. The van der Waals surface area contributed by atoms with Crippen LogP contribution in [-0.2, 0) is 12.3 Å². The molecule has 2 aromatic rings. The van der Waals surface area contributed by atoms with Gasteiger partial charge in [-0.15, -0.1) is 28.0 Å². The first kappa shape index (κ1) is 11.4. The van der Waals surface area contributed by atoms with E-state index < -0.39 is 0 Å². The molecule has 0 aliphatic rings. The zero-order chi connectivity index (χ0) is 11.4. The SMILES string of the molecule is CC(Cc1cccs1)Nc1nnc(CCl)o1. The van der Waals surface area contributed by atoms with Crippen LogP contribution in [0, 0.1) is 0 Å². The maximum absolute atomic E-state index is 5.57. The lowest BCUT2D eigenvalue weighted by molar-refractivity contribution is 0.519. The van der Waals surface area contributed by atoms with Gasteiger partial charge in [0, 0.05) is 17.3 Å². The Balaban J connectivity index is 1.89. The highest BCUT2D eigenvalue weighted by atomic mass is 35.5. The number of alkyl halides is 1. The number of hydrogen-bond donors (Lipinski definition) is 1. The molecule has 0 saturated heterocycles. The van der Waals surface area contributed by atoms with E-state index in [0.29, 0.717) is 11.9 Å². The van der Waals surface area contributed by atoms with E-state index in [1.165, 1.54) is 4.88 Å². The monoisotopic (exact) mass is 257 g/mol. The van der Waals surface area contributed by atoms with Crippen molar-refractivity contribution in [2.24, 2.45) is 0 Å². The third-order valence-corrected chi connectivity index (χ3v) is 3.17. The van der Waals surface area contributed by atoms with Crippen molar-refractivity contribution < 1.29 is 4.42 Å². The number of thiophene rings is 1. The number of aromatic nitrogens is 2. The molecule has 0 aromatic carbocycles. The topological polar surface area (TPSA) is 51.0 Å². The van der Waals surface area contributed by atoms with Crippen LogP contribution in [0.3, 0.4) is 0 Å². The number of nitrogens with zero attached hydrogens (tertiary/aromatic N) is 2. The van der Waals surface area contributed by atoms with Crippen LogP contribution in [0.4, 0.5) is 6.01 Å². The van der Waals surface area contributed by atoms with Crippen LogP contribution in [0.25, 0.3) is 0 Å². The normalized spacial score (nSPS) is 12.6. The van der Waals surface area contributed by atoms with Gasteiger partial charge in [-0.3, -0.25) is 0 Å². The average Bonchev–Trinajstić information content (AvgIpc) is 2.89. The van der Waals surface area contributed by atoms with E-state index in [1.807, 2.05) is 6.07 Å². The molecular weight excluding hydrogens is 246 g/mol. The van der Waals surface area contributed by atoms with E-state index >= 15 is 0 Å². The second-order valence-electron chi connectivity index (χ2n) is 3.46. The van der Waals surface area contributed by atoms with Crippen molar-refractivity contribution in [3.63, 3.8) is 0 Å². The summed E-state index contributed by atoms with van der Waals surface area (Å²) in [7, 11) is 0. The third-order valence-electron chi connectivity index (χ3n) is 2.04. The van der Waals surface area contributed by atoms with Crippen molar-refractivity contribution in [2.75, 3.05) is 5.32 Å². The van der Waals surface area contributed by atoms with Gasteiger partial charge in [0.05, 0.1) is 0 Å². The molecule has 0 aliphatic carbocycles. The fourth-order valence-electron chi connectivity index (χ4n) is 1.36. The minimum atomic E-state index is 0.244. The average molecular weight is 258 g/mol. The van der Waals surface area contributed by atoms with E-state index in [2.05, 4.69) is 33.9 Å². The molecule has 0 saturated carbocycles. The van der Waals surface area contributed by atoms with Crippen molar-refractivity contribution in [3.8, 4) is 0 Å². The maximum Gasteiger partial charge on any atom is 0.315 e. The van der Waals surface area contributed by atoms with E-state index in [-0.39, 0.29) is 11.9 Å². The Morgan fingerprint density at radius 3 is 3.06 bits per heavy atom. The lowest BCUT2D eigenvalue weighted by Crippen LogP contribution is -2.17. The molecule has 4 nitrogen and oxygen atoms in total. The first-order chi connectivity index (χ1) is 7.78. The predicted octanol–water partition coefficient (Wildman–Crippen LogP) is 2.91. The highest BCUT2D eigenvalue weighted by molar-refractivity contribution is 7.09. The molecule has 0 fully saturated rings. The minimum absolute atomic E-state index is 0.244. The maximum atomic E-state index is 5.57. The van der Waals surface area contributed by atoms with Crippen LogP contribution in [0.15, 0.2) is 21.9 Å². The molecule has 2 aromatic heterocycles. The summed E-state index contributed by atoms with van der Waals surface area (Å²) in [5.41, 5.74) is 0. The Morgan fingerprint density at radius 1 is 1.56 bits per heavy atom. The zero-order valence-electron chi connectivity index (χ0n) is 8.81. The van der Waals surface area contributed by atoms with Gasteiger partial charge in [-0.1, -0.05) is 11.2 Å². The standard InChI is InChI=1S/C10H12ClN3OS/c1-7(5-8-3-2-4-16-8)12-10-14-13-9(6-11)15-10/h2-4,7H,5-6H2,1H3,(H,12,14). The molecule has 86 valence electrons. The molecule has 1 N–H and O–H groups in total. The summed E-state index contributed by atoms with van der Waals surface area (Å²) in [6, 6.07) is 4.84. The molecule has 2 rings (SSSR count). The van der Waals surface area contributed by atoms with Gasteiger partial charge in [-0.25, -0.2) is 0 Å². The molecule has 16 heavy (non-hydrogen) atoms. The Bertz CT molecular complexity index is 429. The molecule has 0 aliphatic heterocycles. The van der Waals surface area contributed by atoms with E-state index in [4.69, 9.17) is 16.0 Å². The van der Waals surface area contributed by atoms with Crippen LogP contribution in [0.5, 0.6) is 0 Å². The van der Waals surface area contributed by atoms with E-state index in [1.54, 1.807) is 11.3 Å².